The molecule has 148 valence electrons. The summed E-state index contributed by atoms with van der Waals surface area (Å²) in [7, 11) is 1.61. The van der Waals surface area contributed by atoms with Crippen LogP contribution in [0.25, 0.3) is 28.1 Å². The number of aryl methyl sites for hydroxylation is 2. The molecule has 0 N–H and O–H groups in total. The second-order valence-electron chi connectivity index (χ2n) is 7.84. The van der Waals surface area contributed by atoms with Gasteiger partial charge in [-0.15, -0.1) is 0 Å². The van der Waals surface area contributed by atoms with E-state index in [4.69, 9.17) is 14.7 Å². The van der Waals surface area contributed by atoms with Crippen molar-refractivity contribution in [1.82, 2.24) is 18.9 Å². The molecule has 4 heterocycles. The van der Waals surface area contributed by atoms with Crippen LogP contribution in [-0.2, 0) is 13.0 Å². The molecule has 6 heteroatoms. The van der Waals surface area contributed by atoms with Crippen LogP contribution in [0.4, 0.5) is 0 Å². The molecule has 0 aromatic carbocycles. The number of nitrogens with zero attached hydrogens (tertiary/aromatic N) is 4. The fraction of sp³-hybridized carbons (Fsp3) is 0.348. The molecule has 4 aromatic rings. The Labute approximate surface area is 169 Å². The third-order valence-corrected chi connectivity index (χ3v) is 5.83. The Kier molecular flexibility index (Phi) is 4.15. The maximum atomic E-state index is 11.3. The predicted molar refractivity (Wildman–Crippen MR) is 113 cm³/mol. The molecule has 0 radical (unpaired) electrons. The van der Waals surface area contributed by atoms with Gasteiger partial charge < -0.3 is 9.30 Å². The number of hydrogen-bond acceptors (Lipinski definition) is 4. The Hall–Kier alpha value is -3.15. The molecular weight excluding hydrogens is 364 g/mol. The summed E-state index contributed by atoms with van der Waals surface area (Å²) in [5.41, 5.74) is 6.37. The average molecular weight is 388 g/mol. The van der Waals surface area contributed by atoms with Crippen LogP contribution in [0, 0.1) is 12.8 Å². The molecule has 0 atom stereocenters. The summed E-state index contributed by atoms with van der Waals surface area (Å²) >= 11 is 0. The molecule has 6 nitrogen and oxygen atoms in total. The fourth-order valence-electron chi connectivity index (χ4n) is 4.06. The lowest BCUT2D eigenvalue weighted by Gasteiger charge is -2.10. The van der Waals surface area contributed by atoms with Gasteiger partial charge in [0, 0.05) is 29.3 Å². The number of methoxy groups -OCH3 is 1. The van der Waals surface area contributed by atoms with Gasteiger partial charge in [-0.3, -0.25) is 9.20 Å². The number of pyridine rings is 2. The van der Waals surface area contributed by atoms with Gasteiger partial charge >= 0.3 is 0 Å². The summed E-state index contributed by atoms with van der Waals surface area (Å²) in [4.78, 5) is 21.2. The highest BCUT2D eigenvalue weighted by Gasteiger charge is 2.26. The van der Waals surface area contributed by atoms with Crippen LogP contribution in [0.15, 0.2) is 30.3 Å². The van der Waals surface area contributed by atoms with Crippen molar-refractivity contribution in [2.45, 2.75) is 39.7 Å². The van der Waals surface area contributed by atoms with Gasteiger partial charge in [0.2, 0.25) is 0 Å². The van der Waals surface area contributed by atoms with Crippen LogP contribution >= 0.6 is 0 Å². The minimum atomic E-state index is 0.554. The van der Waals surface area contributed by atoms with E-state index in [0.717, 1.165) is 53.1 Å². The zero-order chi connectivity index (χ0) is 20.1. The summed E-state index contributed by atoms with van der Waals surface area (Å²) < 4.78 is 9.83. The molecule has 1 aliphatic carbocycles. The number of carbonyl (C=O) groups excluding carboxylic acids is 1. The number of aromatic nitrogens is 4. The smallest absolute Gasteiger partial charge is 0.199 e. The minimum absolute atomic E-state index is 0.554. The number of imidazole rings is 1. The third kappa shape index (κ3) is 2.90. The van der Waals surface area contributed by atoms with Crippen LogP contribution in [0.5, 0.6) is 5.88 Å². The van der Waals surface area contributed by atoms with Gasteiger partial charge in [0.25, 0.3) is 0 Å². The molecule has 0 saturated heterocycles. The molecule has 0 amide bonds. The summed E-state index contributed by atoms with van der Waals surface area (Å²) in [5, 5.41) is 1.13. The van der Waals surface area contributed by atoms with Gasteiger partial charge in [-0.25, -0.2) is 9.97 Å². The normalized spacial score (nSPS) is 14.0. The van der Waals surface area contributed by atoms with E-state index in [2.05, 4.69) is 29.7 Å². The van der Waals surface area contributed by atoms with Gasteiger partial charge in [0.15, 0.2) is 5.88 Å². The van der Waals surface area contributed by atoms with Gasteiger partial charge in [-0.2, -0.15) is 0 Å². The van der Waals surface area contributed by atoms with Crippen molar-refractivity contribution in [3.8, 4) is 17.3 Å². The quantitative estimate of drug-likeness (QED) is 0.458. The van der Waals surface area contributed by atoms with Crippen LogP contribution in [0.2, 0.25) is 0 Å². The highest BCUT2D eigenvalue weighted by Crippen LogP contribution is 2.37. The van der Waals surface area contributed by atoms with Gasteiger partial charge in [0.1, 0.15) is 23.3 Å². The Morgan fingerprint density at radius 1 is 1.21 bits per heavy atom. The number of ether oxygens (including phenoxy) is 1. The number of rotatable bonds is 6. The summed E-state index contributed by atoms with van der Waals surface area (Å²) in [5.74, 6) is 1.32. The predicted octanol–water partition coefficient (Wildman–Crippen LogP) is 4.45. The Morgan fingerprint density at radius 3 is 2.72 bits per heavy atom. The molecule has 0 bridgehead atoms. The zero-order valence-corrected chi connectivity index (χ0v) is 17.0. The van der Waals surface area contributed by atoms with E-state index in [1.165, 1.54) is 12.8 Å². The van der Waals surface area contributed by atoms with E-state index in [0.29, 0.717) is 23.0 Å². The van der Waals surface area contributed by atoms with Crippen molar-refractivity contribution in [3.05, 3.63) is 47.3 Å². The van der Waals surface area contributed by atoms with Gasteiger partial charge in [-0.1, -0.05) is 6.92 Å². The first-order chi connectivity index (χ1) is 14.1. The Morgan fingerprint density at radius 2 is 2.03 bits per heavy atom. The molecule has 4 aromatic heterocycles. The van der Waals surface area contributed by atoms with E-state index >= 15 is 0 Å². The first-order valence-corrected chi connectivity index (χ1v) is 10.1. The molecular formula is C23H24N4O2. The fourth-order valence-corrected chi connectivity index (χ4v) is 4.06. The standard InChI is InChI=1S/C23H24N4O2/c1-4-18-8-7-17-11-19(26(23(17)24-18)12-15-5-6-15)22-14(2)27-20(25-22)9-16(13-28)10-21(27)29-3/h7-11,13,15H,4-6,12H2,1-3H3. The molecule has 0 unspecified atom stereocenters. The van der Waals surface area contributed by atoms with Crippen LogP contribution in [0.1, 0.15) is 41.5 Å². The second kappa shape index (κ2) is 6.72. The van der Waals surface area contributed by atoms with E-state index in [9.17, 15) is 4.79 Å². The maximum Gasteiger partial charge on any atom is 0.199 e. The molecule has 0 aliphatic heterocycles. The lowest BCUT2D eigenvalue weighted by Crippen LogP contribution is -2.04. The zero-order valence-electron chi connectivity index (χ0n) is 17.0. The highest BCUT2D eigenvalue weighted by atomic mass is 16.5. The van der Waals surface area contributed by atoms with E-state index in [-0.39, 0.29) is 0 Å². The third-order valence-electron chi connectivity index (χ3n) is 5.83. The van der Waals surface area contributed by atoms with E-state index in [1.807, 2.05) is 11.3 Å². The maximum absolute atomic E-state index is 11.3. The van der Waals surface area contributed by atoms with Crippen molar-refractivity contribution >= 4 is 23.0 Å². The number of aldehydes is 1. The molecule has 1 aliphatic rings. The summed E-state index contributed by atoms with van der Waals surface area (Å²) in [6.45, 7) is 5.14. The average Bonchev–Trinajstić information content (AvgIpc) is 3.42. The van der Waals surface area contributed by atoms with E-state index in [1.54, 1.807) is 19.2 Å². The Balaban J connectivity index is 1.77. The van der Waals surface area contributed by atoms with Crippen LogP contribution in [-0.4, -0.2) is 32.3 Å². The molecule has 5 rings (SSSR count). The molecule has 0 spiro atoms. The Bertz CT molecular complexity index is 1250. The number of fused-ring (bicyclic) bond motifs is 2. The topological polar surface area (TPSA) is 61.4 Å². The van der Waals surface area contributed by atoms with Crippen LogP contribution in [0.3, 0.4) is 0 Å². The number of carbonyl (C=O) groups is 1. The van der Waals surface area contributed by atoms with Crippen molar-refractivity contribution in [2.75, 3.05) is 7.11 Å². The van der Waals surface area contributed by atoms with Crippen molar-refractivity contribution < 1.29 is 9.53 Å². The van der Waals surface area contributed by atoms with Crippen molar-refractivity contribution in [1.29, 1.82) is 0 Å². The second-order valence-corrected chi connectivity index (χ2v) is 7.84. The lowest BCUT2D eigenvalue weighted by atomic mass is 10.2. The highest BCUT2D eigenvalue weighted by molar-refractivity contribution is 5.85. The van der Waals surface area contributed by atoms with Crippen molar-refractivity contribution in [2.24, 2.45) is 5.92 Å². The monoisotopic (exact) mass is 388 g/mol. The largest absolute Gasteiger partial charge is 0.482 e. The number of hydrogen-bond donors (Lipinski definition) is 0. The molecule has 1 saturated carbocycles. The minimum Gasteiger partial charge on any atom is -0.482 e. The summed E-state index contributed by atoms with van der Waals surface area (Å²) in [6.07, 6.45) is 4.28. The first kappa shape index (κ1) is 17.9. The van der Waals surface area contributed by atoms with Crippen molar-refractivity contribution in [3.63, 3.8) is 0 Å². The summed E-state index contributed by atoms with van der Waals surface area (Å²) in [6, 6.07) is 9.99. The van der Waals surface area contributed by atoms with Gasteiger partial charge in [0.05, 0.1) is 18.5 Å². The lowest BCUT2D eigenvalue weighted by molar-refractivity contribution is 0.112. The van der Waals surface area contributed by atoms with Crippen LogP contribution < -0.4 is 4.74 Å². The molecule has 29 heavy (non-hydrogen) atoms. The molecule has 1 fully saturated rings. The van der Waals surface area contributed by atoms with E-state index < -0.39 is 0 Å². The SMILES string of the molecule is CCc1ccc2cc(-c3nc4cc(C=O)cc(OC)n4c3C)n(CC3CC3)c2n1. The van der Waals surface area contributed by atoms with Gasteiger partial charge in [-0.05, 0) is 56.4 Å². The first-order valence-electron chi connectivity index (χ1n) is 10.1.